The second-order valence-corrected chi connectivity index (χ2v) is 10.2. The van der Waals surface area contributed by atoms with Gasteiger partial charge in [0, 0.05) is 21.9 Å². The molecule has 5 aromatic carbocycles. The first-order valence-corrected chi connectivity index (χ1v) is 13.0. The molecule has 0 amide bonds. The second kappa shape index (κ2) is 9.37. The zero-order valence-corrected chi connectivity index (χ0v) is 20.5. The molecule has 0 fully saturated rings. The first-order chi connectivity index (χ1) is 17.8. The number of hydrogen-bond acceptors (Lipinski definition) is 5. The number of anilines is 2. The number of nitrogens with one attached hydrogen (secondary N) is 1. The minimum atomic E-state index is -4.13. The Balaban J connectivity index is 1.73. The highest BCUT2D eigenvalue weighted by Crippen LogP contribution is 2.46. The van der Waals surface area contributed by atoms with E-state index in [0.717, 1.165) is 5.39 Å². The van der Waals surface area contributed by atoms with Crippen molar-refractivity contribution in [2.75, 3.05) is 10.5 Å². The van der Waals surface area contributed by atoms with Crippen molar-refractivity contribution < 1.29 is 18.6 Å². The van der Waals surface area contributed by atoms with Crippen molar-refractivity contribution in [2.45, 2.75) is 4.90 Å². The molecule has 7 heteroatoms. The number of aromatic hydroxyl groups is 2. The summed E-state index contributed by atoms with van der Waals surface area (Å²) in [6, 6.07) is 24.0. The van der Waals surface area contributed by atoms with E-state index in [1.165, 1.54) is 12.1 Å². The number of fused-ring (bicyclic) bond motifs is 2. The van der Waals surface area contributed by atoms with E-state index in [2.05, 4.69) is 11.3 Å². The summed E-state index contributed by atoms with van der Waals surface area (Å²) < 4.78 is 29.8. The Kier molecular flexibility index (Phi) is 6.07. The van der Waals surface area contributed by atoms with Crippen molar-refractivity contribution >= 4 is 49.0 Å². The normalized spacial score (nSPS) is 11.8. The van der Waals surface area contributed by atoms with Gasteiger partial charge in [-0.05, 0) is 34.5 Å². The molecule has 0 atom stereocenters. The summed E-state index contributed by atoms with van der Waals surface area (Å²) in [6.45, 7) is 3.63. The van der Waals surface area contributed by atoms with E-state index in [9.17, 15) is 18.6 Å². The lowest BCUT2D eigenvalue weighted by Crippen LogP contribution is -2.15. The third kappa shape index (κ3) is 4.26. The van der Waals surface area contributed by atoms with E-state index in [1.54, 1.807) is 66.8 Å². The average Bonchev–Trinajstić information content (AvgIpc) is 2.90. The highest BCUT2D eigenvalue weighted by molar-refractivity contribution is 7.93. The average molecular weight is 509 g/mol. The van der Waals surface area contributed by atoms with Crippen molar-refractivity contribution in [1.82, 2.24) is 0 Å². The molecule has 0 unspecified atom stereocenters. The van der Waals surface area contributed by atoms with Crippen LogP contribution in [0.15, 0.2) is 109 Å². The van der Waals surface area contributed by atoms with Gasteiger partial charge in [0.15, 0.2) is 0 Å². The van der Waals surface area contributed by atoms with Crippen LogP contribution >= 0.6 is 0 Å². The number of sulfonamides is 1. The fourth-order valence-corrected chi connectivity index (χ4v) is 5.72. The first-order valence-electron chi connectivity index (χ1n) is 11.5. The van der Waals surface area contributed by atoms with Gasteiger partial charge in [-0.1, -0.05) is 91.5 Å². The second-order valence-electron chi connectivity index (χ2n) is 8.51. The van der Waals surface area contributed by atoms with E-state index in [-0.39, 0.29) is 27.8 Å². The van der Waals surface area contributed by atoms with Crippen LogP contribution in [-0.4, -0.2) is 18.6 Å². The molecule has 0 saturated carbocycles. The van der Waals surface area contributed by atoms with E-state index in [4.69, 9.17) is 5.73 Å². The van der Waals surface area contributed by atoms with Gasteiger partial charge in [-0.2, -0.15) is 0 Å². The fourth-order valence-electron chi connectivity index (χ4n) is 4.49. The predicted octanol–water partition coefficient (Wildman–Crippen LogP) is 6.65. The molecule has 184 valence electrons. The lowest BCUT2D eigenvalue weighted by Gasteiger charge is -2.18. The highest BCUT2D eigenvalue weighted by atomic mass is 32.2. The Labute approximate surface area is 214 Å². The minimum absolute atomic E-state index is 0.0379. The van der Waals surface area contributed by atoms with Crippen molar-refractivity contribution in [3.63, 3.8) is 0 Å². The van der Waals surface area contributed by atoms with Gasteiger partial charge >= 0.3 is 0 Å². The number of rotatable bonds is 6. The Morgan fingerprint density at radius 2 is 1.54 bits per heavy atom. The molecule has 37 heavy (non-hydrogen) atoms. The Morgan fingerprint density at radius 3 is 2.30 bits per heavy atom. The molecule has 0 radical (unpaired) electrons. The summed E-state index contributed by atoms with van der Waals surface area (Å²) in [7, 11) is -4.13. The lowest BCUT2D eigenvalue weighted by molar-refractivity contribution is 0.472. The maximum Gasteiger partial charge on any atom is 0.263 e. The van der Waals surface area contributed by atoms with E-state index >= 15 is 0 Å². The summed E-state index contributed by atoms with van der Waals surface area (Å²) >= 11 is 0. The summed E-state index contributed by atoms with van der Waals surface area (Å²) in [5.41, 5.74) is 7.80. The molecule has 5 N–H and O–H groups in total. The maximum atomic E-state index is 13.6. The smallest absolute Gasteiger partial charge is 0.263 e. The van der Waals surface area contributed by atoms with Gasteiger partial charge < -0.3 is 15.9 Å². The maximum absolute atomic E-state index is 13.6. The quantitative estimate of drug-likeness (QED) is 0.116. The molecule has 0 aliphatic heterocycles. The van der Waals surface area contributed by atoms with E-state index in [0.29, 0.717) is 32.8 Å². The zero-order valence-electron chi connectivity index (χ0n) is 19.7. The van der Waals surface area contributed by atoms with Gasteiger partial charge in [-0.25, -0.2) is 8.42 Å². The SMILES string of the molecule is C=C/C=C\c1cccc(S(=O)(=O)Nc2cc(-c3c(O)ccc4ccccc34)c(O)c3ccccc23)c1N. The minimum Gasteiger partial charge on any atom is -0.507 e. The van der Waals surface area contributed by atoms with Crippen molar-refractivity contribution in [2.24, 2.45) is 0 Å². The number of nitrogens with two attached hydrogens (primary N) is 1. The standard InChI is InChI=1S/C30H24N2O4S/c1-2-3-9-20-11-8-15-27(29(20)31)37(35,36)32-25-18-24(30(34)23-14-7-6-13-22(23)25)28-21-12-5-4-10-19(21)16-17-26(28)33/h2-18,32-34H,1,31H2/b9-3-. The highest BCUT2D eigenvalue weighted by Gasteiger charge is 2.23. The van der Waals surface area contributed by atoms with Crippen LogP contribution < -0.4 is 10.5 Å². The molecule has 5 aromatic rings. The van der Waals surface area contributed by atoms with Gasteiger partial charge in [-0.15, -0.1) is 0 Å². The Morgan fingerprint density at radius 1 is 0.838 bits per heavy atom. The third-order valence-electron chi connectivity index (χ3n) is 6.24. The molecule has 5 rings (SSSR count). The van der Waals surface area contributed by atoms with Crippen LogP contribution in [-0.2, 0) is 10.0 Å². The molecular weight excluding hydrogens is 484 g/mol. The topological polar surface area (TPSA) is 113 Å². The van der Waals surface area contributed by atoms with Crippen molar-refractivity contribution in [3.05, 3.63) is 109 Å². The molecule has 0 spiro atoms. The lowest BCUT2D eigenvalue weighted by atomic mass is 9.93. The number of phenolic OH excluding ortho intramolecular Hbond substituents is 2. The number of benzene rings is 5. The van der Waals surface area contributed by atoms with E-state index in [1.807, 2.05) is 24.3 Å². The van der Waals surface area contributed by atoms with Gasteiger partial charge in [0.1, 0.15) is 16.4 Å². The van der Waals surface area contributed by atoms with Crippen LogP contribution in [0.5, 0.6) is 11.5 Å². The largest absolute Gasteiger partial charge is 0.507 e. The molecule has 0 aromatic heterocycles. The van der Waals surface area contributed by atoms with Crippen LogP contribution in [0.2, 0.25) is 0 Å². The summed E-state index contributed by atoms with van der Waals surface area (Å²) in [5, 5.41) is 24.6. The molecule has 6 nitrogen and oxygen atoms in total. The molecule has 0 aliphatic carbocycles. The van der Waals surface area contributed by atoms with Crippen molar-refractivity contribution in [1.29, 1.82) is 0 Å². The van der Waals surface area contributed by atoms with Gasteiger partial charge in [0.05, 0.1) is 11.4 Å². The van der Waals surface area contributed by atoms with Gasteiger partial charge in [0.25, 0.3) is 10.0 Å². The summed E-state index contributed by atoms with van der Waals surface area (Å²) in [6.07, 6.45) is 4.93. The molecular formula is C30H24N2O4S. The monoisotopic (exact) mass is 508 g/mol. The third-order valence-corrected chi connectivity index (χ3v) is 7.66. The fraction of sp³-hybridized carbons (Fsp3) is 0. The van der Waals surface area contributed by atoms with Crippen LogP contribution in [0, 0.1) is 0 Å². The Bertz CT molecular complexity index is 1830. The molecule has 0 bridgehead atoms. The first kappa shape index (κ1) is 24.0. The van der Waals surface area contributed by atoms with Crippen LogP contribution in [0.1, 0.15) is 5.56 Å². The number of phenols is 2. The number of hydrogen-bond donors (Lipinski definition) is 4. The molecule has 0 saturated heterocycles. The predicted molar refractivity (Wildman–Crippen MR) is 151 cm³/mol. The number of nitrogen functional groups attached to an aromatic ring is 1. The summed E-state index contributed by atoms with van der Waals surface area (Å²) in [5.74, 6) is -0.106. The van der Waals surface area contributed by atoms with Gasteiger partial charge in [-0.3, -0.25) is 4.72 Å². The number of allylic oxidation sites excluding steroid dienone is 2. The van der Waals surface area contributed by atoms with Crippen LogP contribution in [0.25, 0.3) is 38.7 Å². The van der Waals surface area contributed by atoms with Crippen molar-refractivity contribution in [3.8, 4) is 22.6 Å². The Hall–Kier alpha value is -4.75. The molecule has 0 aliphatic rings. The van der Waals surface area contributed by atoms with E-state index < -0.39 is 10.0 Å². The molecule has 0 heterocycles. The summed E-state index contributed by atoms with van der Waals surface area (Å²) in [4.78, 5) is -0.0783. The van der Waals surface area contributed by atoms with Crippen LogP contribution in [0.4, 0.5) is 11.4 Å². The van der Waals surface area contributed by atoms with Crippen LogP contribution in [0.3, 0.4) is 0 Å². The zero-order chi connectivity index (χ0) is 26.2. The number of para-hydroxylation sites is 1. The van der Waals surface area contributed by atoms with Gasteiger partial charge in [0.2, 0.25) is 0 Å².